The Morgan fingerprint density at radius 3 is 2.72 bits per heavy atom. The number of hydrogen-bond acceptors (Lipinski definition) is 4. The van der Waals surface area contributed by atoms with E-state index in [9.17, 15) is 13.2 Å². The maximum absolute atomic E-state index is 13.0. The van der Waals surface area contributed by atoms with Gasteiger partial charge in [-0.05, 0) is 37.3 Å². The van der Waals surface area contributed by atoms with Gasteiger partial charge < -0.3 is 5.32 Å². The monoisotopic (exact) mass is 347 g/mol. The van der Waals surface area contributed by atoms with Gasteiger partial charge >= 0.3 is 6.18 Å². The van der Waals surface area contributed by atoms with Crippen LogP contribution in [0.15, 0.2) is 30.5 Å². The summed E-state index contributed by atoms with van der Waals surface area (Å²) in [5.41, 5.74) is 1.24. The molecule has 0 amide bonds. The summed E-state index contributed by atoms with van der Waals surface area (Å²) in [7, 11) is 1.69. The van der Waals surface area contributed by atoms with Crippen LogP contribution in [-0.2, 0) is 12.6 Å². The van der Waals surface area contributed by atoms with E-state index in [2.05, 4.69) is 20.4 Å². The van der Waals surface area contributed by atoms with Gasteiger partial charge in [-0.3, -0.25) is 0 Å². The number of fused-ring (bicyclic) bond motifs is 1. The van der Waals surface area contributed by atoms with Crippen molar-refractivity contribution in [3.8, 4) is 11.4 Å². The van der Waals surface area contributed by atoms with Crippen molar-refractivity contribution in [2.75, 3.05) is 12.4 Å². The highest BCUT2D eigenvalue weighted by Crippen LogP contribution is 2.34. The van der Waals surface area contributed by atoms with Crippen LogP contribution in [0.2, 0.25) is 0 Å². The van der Waals surface area contributed by atoms with Gasteiger partial charge in [-0.2, -0.15) is 27.8 Å². The van der Waals surface area contributed by atoms with Crippen LogP contribution >= 0.6 is 0 Å². The lowest BCUT2D eigenvalue weighted by molar-refractivity contribution is -0.137. The van der Waals surface area contributed by atoms with Crippen LogP contribution in [0.3, 0.4) is 0 Å². The smallest absolute Gasteiger partial charge is 0.357 e. The van der Waals surface area contributed by atoms with Crippen molar-refractivity contribution < 1.29 is 13.2 Å². The Morgan fingerprint density at radius 2 is 2.04 bits per heavy atom. The number of alkyl halides is 3. The zero-order valence-corrected chi connectivity index (χ0v) is 13.5. The van der Waals surface area contributed by atoms with Gasteiger partial charge in [-0.1, -0.05) is 12.1 Å². The second-order valence-corrected chi connectivity index (χ2v) is 6.25. The van der Waals surface area contributed by atoms with Crippen molar-refractivity contribution in [2.45, 2.75) is 25.4 Å². The first-order valence-electron chi connectivity index (χ1n) is 8.06. The first-order chi connectivity index (χ1) is 12.0. The summed E-state index contributed by atoms with van der Waals surface area (Å²) in [4.78, 5) is 8.83. The molecule has 3 aromatic rings. The Kier molecular flexibility index (Phi) is 3.63. The predicted octanol–water partition coefficient (Wildman–Crippen LogP) is 3.80. The maximum atomic E-state index is 13.0. The highest BCUT2D eigenvalue weighted by atomic mass is 19.4. The lowest BCUT2D eigenvalue weighted by Crippen LogP contribution is -2.08. The van der Waals surface area contributed by atoms with Crippen LogP contribution in [0, 0.1) is 5.92 Å². The fourth-order valence-corrected chi connectivity index (χ4v) is 2.83. The molecule has 25 heavy (non-hydrogen) atoms. The van der Waals surface area contributed by atoms with E-state index in [1.165, 1.54) is 18.9 Å². The SMILES string of the molecule is CNc1nc(-c2cccc(C(F)(F)F)c2)nc2c(CC3CC3)cnn12. The summed E-state index contributed by atoms with van der Waals surface area (Å²) >= 11 is 0. The average Bonchev–Trinajstić information content (AvgIpc) is 3.32. The number of benzene rings is 1. The summed E-state index contributed by atoms with van der Waals surface area (Å²) in [5.74, 6) is 1.35. The molecule has 2 heterocycles. The fourth-order valence-electron chi connectivity index (χ4n) is 2.83. The lowest BCUT2D eigenvalue weighted by atomic mass is 10.1. The molecule has 0 atom stereocenters. The minimum absolute atomic E-state index is 0.250. The summed E-state index contributed by atoms with van der Waals surface area (Å²) in [6.07, 6.45) is 0.633. The zero-order valence-electron chi connectivity index (χ0n) is 13.5. The van der Waals surface area contributed by atoms with Crippen LogP contribution in [-0.4, -0.2) is 26.6 Å². The van der Waals surface area contributed by atoms with Crippen molar-refractivity contribution >= 4 is 11.6 Å². The second-order valence-electron chi connectivity index (χ2n) is 6.25. The molecule has 0 bridgehead atoms. The number of hydrogen-bond donors (Lipinski definition) is 1. The molecule has 0 spiro atoms. The standard InChI is InChI=1S/C17H16F3N5/c1-21-16-24-14(11-3-2-4-13(8-11)17(18,19)20)23-15-12(7-10-5-6-10)9-22-25(15)16/h2-4,8-10H,5-7H2,1H3,(H,21,23,24). The number of aromatic nitrogens is 4. The number of anilines is 1. The maximum Gasteiger partial charge on any atom is 0.416 e. The van der Waals surface area contributed by atoms with Gasteiger partial charge in [0.2, 0.25) is 5.95 Å². The molecule has 0 radical (unpaired) electrons. The van der Waals surface area contributed by atoms with E-state index < -0.39 is 11.7 Å². The lowest BCUT2D eigenvalue weighted by Gasteiger charge is -2.10. The van der Waals surface area contributed by atoms with Crippen LogP contribution in [0.4, 0.5) is 19.1 Å². The molecular formula is C17H16F3N5. The molecule has 0 saturated heterocycles. The quantitative estimate of drug-likeness (QED) is 0.780. The van der Waals surface area contributed by atoms with Gasteiger partial charge in [-0.15, -0.1) is 0 Å². The molecule has 0 unspecified atom stereocenters. The van der Waals surface area contributed by atoms with E-state index in [4.69, 9.17) is 0 Å². The molecule has 2 aromatic heterocycles. The second kappa shape index (κ2) is 5.72. The van der Waals surface area contributed by atoms with Crippen molar-refractivity contribution in [1.82, 2.24) is 19.6 Å². The molecule has 1 N–H and O–H groups in total. The Balaban J connectivity index is 1.84. The van der Waals surface area contributed by atoms with Gasteiger partial charge in [0.05, 0.1) is 11.8 Å². The minimum Gasteiger partial charge on any atom is -0.357 e. The molecule has 8 heteroatoms. The van der Waals surface area contributed by atoms with Crippen molar-refractivity contribution in [2.24, 2.45) is 5.92 Å². The number of halogens is 3. The van der Waals surface area contributed by atoms with Crippen LogP contribution in [0.5, 0.6) is 0 Å². The van der Waals surface area contributed by atoms with Crippen LogP contribution < -0.4 is 5.32 Å². The van der Waals surface area contributed by atoms with E-state index in [0.29, 0.717) is 23.1 Å². The Labute approximate surface area is 141 Å². The van der Waals surface area contributed by atoms with E-state index in [1.54, 1.807) is 23.8 Å². The van der Waals surface area contributed by atoms with Crippen LogP contribution in [0.1, 0.15) is 24.0 Å². The molecule has 1 aliphatic rings. The van der Waals surface area contributed by atoms with E-state index >= 15 is 0 Å². The number of nitrogens with zero attached hydrogens (tertiary/aromatic N) is 4. The molecule has 1 fully saturated rings. The molecule has 5 nitrogen and oxygen atoms in total. The molecule has 1 aromatic carbocycles. The molecule has 1 aliphatic carbocycles. The summed E-state index contributed by atoms with van der Waals surface area (Å²) in [6.45, 7) is 0. The van der Waals surface area contributed by atoms with Crippen molar-refractivity contribution in [1.29, 1.82) is 0 Å². The highest BCUT2D eigenvalue weighted by Gasteiger charge is 2.31. The van der Waals surface area contributed by atoms with Crippen molar-refractivity contribution in [3.05, 3.63) is 41.6 Å². The van der Waals surface area contributed by atoms with Crippen LogP contribution in [0.25, 0.3) is 17.0 Å². The Hall–Kier alpha value is -2.64. The predicted molar refractivity (Wildman–Crippen MR) is 87.2 cm³/mol. The van der Waals surface area contributed by atoms with Gasteiger partial charge in [0.1, 0.15) is 0 Å². The van der Waals surface area contributed by atoms with Gasteiger partial charge in [0.25, 0.3) is 0 Å². The summed E-state index contributed by atoms with van der Waals surface area (Å²) in [5, 5.41) is 7.25. The molecular weight excluding hydrogens is 331 g/mol. The molecule has 0 aliphatic heterocycles. The molecule has 130 valence electrons. The zero-order chi connectivity index (χ0) is 17.6. The average molecular weight is 347 g/mol. The number of nitrogens with one attached hydrogen (secondary N) is 1. The van der Waals surface area contributed by atoms with E-state index in [0.717, 1.165) is 24.1 Å². The summed E-state index contributed by atoms with van der Waals surface area (Å²) < 4.78 is 40.5. The van der Waals surface area contributed by atoms with Gasteiger partial charge in [0, 0.05) is 18.2 Å². The van der Waals surface area contributed by atoms with Gasteiger partial charge in [0.15, 0.2) is 11.5 Å². The largest absolute Gasteiger partial charge is 0.416 e. The Bertz CT molecular complexity index is 928. The van der Waals surface area contributed by atoms with Crippen molar-refractivity contribution in [3.63, 3.8) is 0 Å². The first-order valence-corrected chi connectivity index (χ1v) is 8.06. The Morgan fingerprint density at radius 1 is 1.24 bits per heavy atom. The normalized spacial score (nSPS) is 14.9. The molecule has 4 rings (SSSR count). The topological polar surface area (TPSA) is 55.1 Å². The molecule has 1 saturated carbocycles. The van der Waals surface area contributed by atoms with E-state index in [1.807, 2.05) is 0 Å². The minimum atomic E-state index is -4.40. The summed E-state index contributed by atoms with van der Waals surface area (Å²) in [6, 6.07) is 5.06. The third-order valence-corrected chi connectivity index (χ3v) is 4.32. The number of rotatable bonds is 4. The van der Waals surface area contributed by atoms with E-state index in [-0.39, 0.29) is 5.82 Å². The fraction of sp³-hybridized carbons (Fsp3) is 0.353. The highest BCUT2D eigenvalue weighted by molar-refractivity contribution is 5.63. The first kappa shape index (κ1) is 15.9. The van der Waals surface area contributed by atoms with Gasteiger partial charge in [-0.25, -0.2) is 4.98 Å². The third-order valence-electron chi connectivity index (χ3n) is 4.32. The third kappa shape index (κ3) is 3.04.